The van der Waals surface area contributed by atoms with Crippen LogP contribution in [0.4, 0.5) is 0 Å². The van der Waals surface area contributed by atoms with E-state index in [4.69, 9.17) is 14.2 Å². The Morgan fingerprint density at radius 2 is 2.00 bits per heavy atom. The molecule has 2 N–H and O–H groups in total. The van der Waals surface area contributed by atoms with E-state index in [2.05, 4.69) is 24.1 Å². The van der Waals surface area contributed by atoms with Gasteiger partial charge in [0.05, 0.1) is 23.8 Å². The van der Waals surface area contributed by atoms with Crippen LogP contribution in [-0.2, 0) is 25.4 Å². The highest BCUT2D eigenvalue weighted by molar-refractivity contribution is 6.24. The van der Waals surface area contributed by atoms with Crippen LogP contribution in [0.25, 0.3) is 5.57 Å². The number of nitrogens with one attached hydrogen (secondary N) is 1. The molecule has 0 saturated heterocycles. The van der Waals surface area contributed by atoms with Gasteiger partial charge in [-0.05, 0) is 81.7 Å². The summed E-state index contributed by atoms with van der Waals surface area (Å²) in [6, 6.07) is 4.03. The molecule has 1 atom stereocenters. The third-order valence-electron chi connectivity index (χ3n) is 6.21. The molecular formula is C25H33NO5. The summed E-state index contributed by atoms with van der Waals surface area (Å²) >= 11 is 0. The van der Waals surface area contributed by atoms with Gasteiger partial charge in [-0.15, -0.1) is 5.92 Å². The van der Waals surface area contributed by atoms with Gasteiger partial charge in [-0.1, -0.05) is 12.8 Å². The number of amides is 1. The molecule has 0 bridgehead atoms. The zero-order valence-corrected chi connectivity index (χ0v) is 19.1. The third-order valence-corrected chi connectivity index (χ3v) is 6.21. The molecule has 1 aromatic rings. The topological polar surface area (TPSA) is 77.0 Å². The Bertz CT molecular complexity index is 916. The molecule has 1 aromatic carbocycles. The molecule has 1 saturated carbocycles. The van der Waals surface area contributed by atoms with Crippen LogP contribution in [0.5, 0.6) is 0 Å². The van der Waals surface area contributed by atoms with Gasteiger partial charge < -0.3 is 24.6 Å². The van der Waals surface area contributed by atoms with Gasteiger partial charge in [0.1, 0.15) is 5.76 Å². The highest BCUT2D eigenvalue weighted by atomic mass is 16.8. The molecule has 0 aromatic heterocycles. The minimum absolute atomic E-state index is 0.157. The lowest BCUT2D eigenvalue weighted by Gasteiger charge is -2.38. The number of hydrogen-bond acceptors (Lipinski definition) is 5. The van der Waals surface area contributed by atoms with E-state index in [9.17, 15) is 9.90 Å². The summed E-state index contributed by atoms with van der Waals surface area (Å²) in [5, 5.41) is 13.5. The molecule has 1 heterocycles. The molecule has 1 fully saturated rings. The number of methoxy groups -OCH3 is 1. The molecule has 1 unspecified atom stereocenters. The first-order chi connectivity index (χ1) is 14.9. The highest BCUT2D eigenvalue weighted by Crippen LogP contribution is 2.45. The summed E-state index contributed by atoms with van der Waals surface area (Å²) in [5.41, 5.74) is 3.58. The predicted molar refractivity (Wildman–Crippen MR) is 119 cm³/mol. The van der Waals surface area contributed by atoms with E-state index in [1.54, 1.807) is 14.0 Å². The summed E-state index contributed by atoms with van der Waals surface area (Å²) in [4.78, 5) is 13.3. The first-order valence-corrected chi connectivity index (χ1v) is 11.0. The van der Waals surface area contributed by atoms with Gasteiger partial charge >= 0.3 is 6.48 Å². The van der Waals surface area contributed by atoms with Gasteiger partial charge in [-0.25, -0.2) is 0 Å². The Morgan fingerprint density at radius 1 is 1.29 bits per heavy atom. The lowest BCUT2D eigenvalue weighted by atomic mass is 9.78. The fourth-order valence-corrected chi connectivity index (χ4v) is 4.74. The standard InChI is InChI=1S/C25H33NO5/c1-6-9-17-14-16(4)20(18(7-2)15-17)21-22(31-24(28)30-8-3)25(26-23(21)27)12-10-19(29-5)11-13-25/h14-15,19,24,28H,7-8,10-13H2,1-5H3,(H,26,27). The molecule has 1 aliphatic carbocycles. The lowest BCUT2D eigenvalue weighted by molar-refractivity contribution is -0.246. The van der Waals surface area contributed by atoms with E-state index in [0.717, 1.165) is 41.5 Å². The fraction of sp³-hybridized carbons (Fsp3) is 0.560. The van der Waals surface area contributed by atoms with Crippen molar-refractivity contribution in [2.45, 2.75) is 77.9 Å². The van der Waals surface area contributed by atoms with Gasteiger partial charge in [-0.2, -0.15) is 0 Å². The van der Waals surface area contributed by atoms with E-state index >= 15 is 0 Å². The smallest absolute Gasteiger partial charge is 0.313 e. The van der Waals surface area contributed by atoms with Crippen LogP contribution in [-0.4, -0.2) is 42.8 Å². The lowest BCUT2D eigenvalue weighted by Crippen LogP contribution is -2.49. The maximum absolute atomic E-state index is 13.3. The molecule has 3 rings (SSSR count). The second kappa shape index (κ2) is 9.86. The largest absolute Gasteiger partial charge is 0.442 e. The predicted octanol–water partition coefficient (Wildman–Crippen LogP) is 3.43. The van der Waals surface area contributed by atoms with Crippen LogP contribution < -0.4 is 5.32 Å². The van der Waals surface area contributed by atoms with Crippen LogP contribution in [0, 0.1) is 18.8 Å². The SMILES string of the molecule is CC#Cc1cc(C)c(C2=C(OC(O)OCC)C3(CCC(OC)CC3)NC2=O)c(CC)c1. The zero-order valence-electron chi connectivity index (χ0n) is 19.1. The van der Waals surface area contributed by atoms with E-state index in [-0.39, 0.29) is 12.0 Å². The van der Waals surface area contributed by atoms with E-state index < -0.39 is 12.0 Å². The normalized spacial score (nSPS) is 24.1. The van der Waals surface area contributed by atoms with Crippen LogP contribution in [0.2, 0.25) is 0 Å². The van der Waals surface area contributed by atoms with E-state index in [1.807, 2.05) is 26.0 Å². The first kappa shape index (κ1) is 23.3. The fourth-order valence-electron chi connectivity index (χ4n) is 4.74. The number of benzene rings is 1. The molecule has 31 heavy (non-hydrogen) atoms. The Hall–Kier alpha value is -2.33. The molecule has 2 aliphatic rings. The number of carbonyl (C=O) groups is 1. The van der Waals surface area contributed by atoms with Crippen molar-refractivity contribution < 1.29 is 24.1 Å². The minimum Gasteiger partial charge on any atom is -0.442 e. The highest BCUT2D eigenvalue weighted by Gasteiger charge is 2.50. The van der Waals surface area contributed by atoms with Gasteiger partial charge in [0, 0.05) is 12.7 Å². The Morgan fingerprint density at radius 3 is 2.58 bits per heavy atom. The van der Waals surface area contributed by atoms with Crippen molar-refractivity contribution in [1.29, 1.82) is 0 Å². The molecule has 0 radical (unpaired) electrons. The average Bonchev–Trinajstić information content (AvgIpc) is 2.99. The number of rotatable bonds is 7. The summed E-state index contributed by atoms with van der Waals surface area (Å²) < 4.78 is 16.7. The van der Waals surface area contributed by atoms with Gasteiger partial charge in [-0.3, -0.25) is 4.79 Å². The number of aliphatic hydroxyl groups is 1. The molecule has 1 aliphatic heterocycles. The number of carbonyl (C=O) groups excluding carboxylic acids is 1. The maximum atomic E-state index is 13.3. The number of hydrogen-bond donors (Lipinski definition) is 2. The molecular weight excluding hydrogens is 394 g/mol. The van der Waals surface area contributed by atoms with Crippen molar-refractivity contribution in [3.8, 4) is 11.8 Å². The number of aryl methyl sites for hydroxylation is 2. The van der Waals surface area contributed by atoms with Crippen molar-refractivity contribution >= 4 is 11.5 Å². The number of aliphatic hydroxyl groups excluding tert-OH is 1. The van der Waals surface area contributed by atoms with Gasteiger partial charge in [0.15, 0.2) is 0 Å². The molecule has 6 heteroatoms. The zero-order chi connectivity index (χ0) is 22.6. The van der Waals surface area contributed by atoms with Crippen molar-refractivity contribution in [2.24, 2.45) is 0 Å². The molecule has 1 spiro atoms. The summed E-state index contributed by atoms with van der Waals surface area (Å²) in [7, 11) is 1.71. The third kappa shape index (κ3) is 4.64. The van der Waals surface area contributed by atoms with Crippen molar-refractivity contribution in [1.82, 2.24) is 5.32 Å². The van der Waals surface area contributed by atoms with Crippen LogP contribution in [0.1, 0.15) is 68.7 Å². The van der Waals surface area contributed by atoms with Crippen molar-refractivity contribution in [2.75, 3.05) is 13.7 Å². The Kier molecular flexibility index (Phi) is 7.42. The first-order valence-electron chi connectivity index (χ1n) is 11.0. The van der Waals surface area contributed by atoms with Crippen molar-refractivity contribution in [3.05, 3.63) is 40.1 Å². The second-order valence-electron chi connectivity index (χ2n) is 8.11. The molecule has 168 valence electrons. The Labute approximate surface area is 185 Å². The van der Waals surface area contributed by atoms with Gasteiger partial charge in [0.2, 0.25) is 0 Å². The quantitative estimate of drug-likeness (QED) is 0.515. The van der Waals surface area contributed by atoms with Crippen LogP contribution >= 0.6 is 0 Å². The molecule has 1 amide bonds. The van der Waals surface area contributed by atoms with Crippen LogP contribution in [0.3, 0.4) is 0 Å². The van der Waals surface area contributed by atoms with E-state index in [1.165, 1.54) is 0 Å². The van der Waals surface area contributed by atoms with E-state index in [0.29, 0.717) is 30.8 Å². The summed E-state index contributed by atoms with van der Waals surface area (Å²) in [6.45, 7) is 6.50. The average molecular weight is 428 g/mol. The monoisotopic (exact) mass is 427 g/mol. The van der Waals surface area contributed by atoms with Gasteiger partial charge in [0.25, 0.3) is 5.91 Å². The van der Waals surface area contributed by atoms with Crippen LogP contribution in [0.15, 0.2) is 17.9 Å². The minimum atomic E-state index is -1.43. The number of ether oxygens (including phenoxy) is 3. The summed E-state index contributed by atoms with van der Waals surface area (Å²) in [5.74, 6) is 6.34. The second-order valence-corrected chi connectivity index (χ2v) is 8.11. The summed E-state index contributed by atoms with van der Waals surface area (Å²) in [6.07, 6.45) is 3.85. The Balaban J connectivity index is 2.16. The maximum Gasteiger partial charge on any atom is 0.313 e. The van der Waals surface area contributed by atoms with Crippen molar-refractivity contribution in [3.63, 3.8) is 0 Å². The molecule has 6 nitrogen and oxygen atoms in total.